The van der Waals surface area contributed by atoms with E-state index in [1.165, 1.54) is 14.0 Å². The monoisotopic (exact) mass is 254 g/mol. The molecule has 0 fully saturated rings. The Bertz CT molecular complexity index is 596. The topological polar surface area (TPSA) is 87.4 Å². The second-order valence-corrected chi connectivity index (χ2v) is 3.68. The van der Waals surface area contributed by atoms with Crippen LogP contribution in [0.15, 0.2) is 15.8 Å². The highest BCUT2D eigenvalue weighted by molar-refractivity contribution is 5.93. The first-order chi connectivity index (χ1) is 8.38. The van der Waals surface area contributed by atoms with Crippen molar-refractivity contribution in [3.63, 3.8) is 0 Å². The maximum Gasteiger partial charge on any atom is 0.331 e. The molecule has 1 aromatic heterocycles. The van der Waals surface area contributed by atoms with Crippen molar-refractivity contribution in [3.8, 4) is 0 Å². The molecular formula is C11H14N2O5. The zero-order valence-electron chi connectivity index (χ0n) is 10.4. The summed E-state index contributed by atoms with van der Waals surface area (Å²) in [6.07, 6.45) is 1.09. The highest BCUT2D eigenvalue weighted by Crippen LogP contribution is 1.92. The van der Waals surface area contributed by atoms with E-state index < -0.39 is 23.0 Å². The number of nitrogens with zero attached hydrogens (tertiary/aromatic N) is 2. The largest absolute Gasteiger partial charge is 0.465 e. The SMILES string of the molecule is CCOC(=O)Cn1cc(C(C)=O)c(=O)n(C)c1=O. The van der Waals surface area contributed by atoms with Crippen LogP contribution in [0.1, 0.15) is 24.2 Å². The average Bonchev–Trinajstić information content (AvgIpc) is 2.30. The van der Waals surface area contributed by atoms with E-state index in [9.17, 15) is 19.2 Å². The lowest BCUT2D eigenvalue weighted by Crippen LogP contribution is -2.41. The van der Waals surface area contributed by atoms with Crippen LogP contribution in [0.2, 0.25) is 0 Å². The van der Waals surface area contributed by atoms with Crippen molar-refractivity contribution in [1.29, 1.82) is 0 Å². The highest BCUT2D eigenvalue weighted by atomic mass is 16.5. The van der Waals surface area contributed by atoms with Crippen LogP contribution < -0.4 is 11.2 Å². The Hall–Kier alpha value is -2.18. The Kier molecular flexibility index (Phi) is 4.19. The number of ether oxygens (including phenoxy) is 1. The second kappa shape index (κ2) is 5.44. The molecule has 0 saturated heterocycles. The highest BCUT2D eigenvalue weighted by Gasteiger charge is 2.14. The normalized spacial score (nSPS) is 10.2. The third kappa shape index (κ3) is 2.73. The van der Waals surface area contributed by atoms with Gasteiger partial charge in [-0.15, -0.1) is 0 Å². The molecule has 7 nitrogen and oxygen atoms in total. The fourth-order valence-electron chi connectivity index (χ4n) is 1.43. The van der Waals surface area contributed by atoms with Gasteiger partial charge in [-0.05, 0) is 13.8 Å². The van der Waals surface area contributed by atoms with Crippen LogP contribution >= 0.6 is 0 Å². The van der Waals surface area contributed by atoms with E-state index in [0.717, 1.165) is 15.3 Å². The first kappa shape index (κ1) is 13.9. The molecule has 0 amide bonds. The van der Waals surface area contributed by atoms with Crippen LogP contribution in [0.5, 0.6) is 0 Å². The van der Waals surface area contributed by atoms with Crippen molar-refractivity contribution in [2.75, 3.05) is 6.61 Å². The number of aromatic nitrogens is 2. The molecule has 18 heavy (non-hydrogen) atoms. The molecule has 0 aliphatic heterocycles. The van der Waals surface area contributed by atoms with Gasteiger partial charge in [-0.3, -0.25) is 23.5 Å². The molecule has 0 N–H and O–H groups in total. The summed E-state index contributed by atoms with van der Waals surface area (Å²) in [6, 6.07) is 0. The molecule has 1 heterocycles. The van der Waals surface area contributed by atoms with E-state index >= 15 is 0 Å². The van der Waals surface area contributed by atoms with Gasteiger partial charge in [0.1, 0.15) is 6.54 Å². The molecule has 0 aliphatic rings. The van der Waals surface area contributed by atoms with Gasteiger partial charge in [0.05, 0.1) is 12.2 Å². The van der Waals surface area contributed by atoms with E-state index in [-0.39, 0.29) is 18.7 Å². The Morgan fingerprint density at radius 2 is 1.94 bits per heavy atom. The number of Topliss-reactive ketones (excluding diaryl/α,β-unsaturated/α-hetero) is 1. The molecule has 0 aliphatic carbocycles. The molecule has 0 spiro atoms. The molecule has 7 heteroatoms. The van der Waals surface area contributed by atoms with Crippen molar-refractivity contribution in [2.45, 2.75) is 20.4 Å². The fourth-order valence-corrected chi connectivity index (χ4v) is 1.43. The van der Waals surface area contributed by atoms with Gasteiger partial charge < -0.3 is 4.74 Å². The van der Waals surface area contributed by atoms with Crippen LogP contribution in [-0.4, -0.2) is 27.5 Å². The van der Waals surface area contributed by atoms with Gasteiger partial charge in [0.25, 0.3) is 5.56 Å². The maximum atomic E-state index is 11.7. The average molecular weight is 254 g/mol. The minimum absolute atomic E-state index is 0.138. The minimum atomic E-state index is -0.674. The van der Waals surface area contributed by atoms with Gasteiger partial charge in [0.2, 0.25) is 0 Å². The Morgan fingerprint density at radius 3 is 2.44 bits per heavy atom. The fraction of sp³-hybridized carbons (Fsp3) is 0.455. The standard InChI is InChI=1S/C11H14N2O5/c1-4-18-9(15)6-13-5-8(7(2)14)10(16)12(3)11(13)17/h5H,4,6H2,1-3H3. The summed E-state index contributed by atoms with van der Waals surface area (Å²) in [4.78, 5) is 45.9. The lowest BCUT2D eigenvalue weighted by atomic mass is 10.2. The van der Waals surface area contributed by atoms with Crippen molar-refractivity contribution in [3.05, 3.63) is 32.6 Å². The lowest BCUT2D eigenvalue weighted by Gasteiger charge is -2.08. The number of ketones is 1. The summed E-state index contributed by atoms with van der Waals surface area (Å²) in [5.74, 6) is -1.07. The summed E-state index contributed by atoms with van der Waals surface area (Å²) in [5, 5.41) is 0. The molecule has 98 valence electrons. The molecule has 0 aromatic carbocycles. The van der Waals surface area contributed by atoms with E-state index in [4.69, 9.17) is 4.74 Å². The van der Waals surface area contributed by atoms with Gasteiger partial charge in [0.15, 0.2) is 5.78 Å². The van der Waals surface area contributed by atoms with Crippen molar-refractivity contribution < 1.29 is 14.3 Å². The molecule has 1 aromatic rings. The molecule has 0 bridgehead atoms. The quantitative estimate of drug-likeness (QED) is 0.524. The summed E-state index contributed by atoms with van der Waals surface area (Å²) >= 11 is 0. The summed E-state index contributed by atoms with van der Waals surface area (Å²) in [6.45, 7) is 2.72. The van der Waals surface area contributed by atoms with E-state index in [1.807, 2.05) is 0 Å². The third-order valence-electron chi connectivity index (χ3n) is 2.34. The molecular weight excluding hydrogens is 240 g/mol. The molecule has 0 radical (unpaired) electrons. The smallest absolute Gasteiger partial charge is 0.331 e. The maximum absolute atomic E-state index is 11.7. The van der Waals surface area contributed by atoms with E-state index in [0.29, 0.717) is 0 Å². The Morgan fingerprint density at radius 1 is 1.33 bits per heavy atom. The van der Waals surface area contributed by atoms with Gasteiger partial charge in [-0.1, -0.05) is 0 Å². The zero-order chi connectivity index (χ0) is 13.9. The molecule has 0 unspecified atom stereocenters. The molecule has 0 saturated carbocycles. The molecule has 1 rings (SSSR count). The number of hydrogen-bond acceptors (Lipinski definition) is 5. The first-order valence-electron chi connectivity index (χ1n) is 5.35. The Balaban J connectivity index is 3.29. The first-order valence-corrected chi connectivity index (χ1v) is 5.35. The van der Waals surface area contributed by atoms with Gasteiger partial charge >= 0.3 is 11.7 Å². The number of carbonyl (C=O) groups excluding carboxylic acids is 2. The predicted molar refractivity (Wildman–Crippen MR) is 62.6 cm³/mol. The summed E-state index contributed by atoms with van der Waals surface area (Å²) < 4.78 is 6.47. The summed E-state index contributed by atoms with van der Waals surface area (Å²) in [5.41, 5.74) is -1.48. The van der Waals surface area contributed by atoms with Crippen LogP contribution in [0.4, 0.5) is 0 Å². The zero-order valence-corrected chi connectivity index (χ0v) is 10.4. The number of carbonyl (C=O) groups is 2. The van der Waals surface area contributed by atoms with Gasteiger partial charge in [-0.2, -0.15) is 0 Å². The third-order valence-corrected chi connectivity index (χ3v) is 2.34. The minimum Gasteiger partial charge on any atom is -0.465 e. The number of rotatable bonds is 4. The van der Waals surface area contributed by atoms with Crippen molar-refractivity contribution >= 4 is 11.8 Å². The predicted octanol–water partition coefficient (Wildman–Crippen LogP) is -0.687. The Labute approximate surface area is 103 Å². The second-order valence-electron chi connectivity index (χ2n) is 3.68. The van der Waals surface area contributed by atoms with Crippen LogP contribution in [0.3, 0.4) is 0 Å². The van der Waals surface area contributed by atoms with E-state index in [2.05, 4.69) is 0 Å². The van der Waals surface area contributed by atoms with Gasteiger partial charge in [0, 0.05) is 13.2 Å². The van der Waals surface area contributed by atoms with E-state index in [1.54, 1.807) is 6.92 Å². The van der Waals surface area contributed by atoms with Crippen molar-refractivity contribution in [2.24, 2.45) is 7.05 Å². The van der Waals surface area contributed by atoms with Crippen LogP contribution in [-0.2, 0) is 23.1 Å². The van der Waals surface area contributed by atoms with Crippen LogP contribution in [0, 0.1) is 0 Å². The number of esters is 1. The van der Waals surface area contributed by atoms with Gasteiger partial charge in [-0.25, -0.2) is 4.79 Å². The summed E-state index contributed by atoms with van der Waals surface area (Å²) in [7, 11) is 1.25. The molecule has 0 atom stereocenters. The number of hydrogen-bond donors (Lipinski definition) is 0. The van der Waals surface area contributed by atoms with Crippen molar-refractivity contribution in [1.82, 2.24) is 9.13 Å². The lowest BCUT2D eigenvalue weighted by molar-refractivity contribution is -0.143. The van der Waals surface area contributed by atoms with Crippen LogP contribution in [0.25, 0.3) is 0 Å².